The van der Waals surface area contributed by atoms with Crippen molar-refractivity contribution in [3.05, 3.63) is 35.4 Å². The lowest BCUT2D eigenvalue weighted by Gasteiger charge is -2.28. The van der Waals surface area contributed by atoms with Crippen molar-refractivity contribution in [3.8, 4) is 0 Å². The van der Waals surface area contributed by atoms with Crippen LogP contribution >= 0.6 is 0 Å². The number of hydrogen-bond donors (Lipinski definition) is 2. The summed E-state index contributed by atoms with van der Waals surface area (Å²) in [6.45, 7) is 7.64. The Bertz CT molecular complexity index is 457. The largest absolute Gasteiger partial charge is 0.311 e. The van der Waals surface area contributed by atoms with Crippen LogP contribution in [0, 0.1) is 6.92 Å². The maximum absolute atomic E-state index is 13.7. The van der Waals surface area contributed by atoms with Crippen LogP contribution in [0.1, 0.15) is 38.3 Å². The molecule has 2 N–H and O–H groups in total. The van der Waals surface area contributed by atoms with Gasteiger partial charge in [-0.25, -0.2) is 8.60 Å². The molecule has 0 radical (unpaired) electrons. The summed E-state index contributed by atoms with van der Waals surface area (Å²) in [6, 6.07) is 8.31. The van der Waals surface area contributed by atoms with Gasteiger partial charge in [-0.1, -0.05) is 29.8 Å². The molecule has 0 fully saturated rings. The molecule has 3 nitrogen and oxygen atoms in total. The smallest absolute Gasteiger partial charge is 0.208 e. The van der Waals surface area contributed by atoms with Crippen molar-refractivity contribution < 1.29 is 13.2 Å². The predicted molar refractivity (Wildman–Crippen MR) is 81.9 cm³/mol. The Morgan fingerprint density at radius 1 is 1.25 bits per heavy atom. The van der Waals surface area contributed by atoms with E-state index in [-0.39, 0.29) is 12.0 Å². The zero-order valence-electron chi connectivity index (χ0n) is 12.6. The molecule has 1 aromatic carbocycles. The second-order valence-electron chi connectivity index (χ2n) is 6.07. The molecule has 0 saturated heterocycles. The van der Waals surface area contributed by atoms with Crippen LogP contribution in [0.15, 0.2) is 24.3 Å². The van der Waals surface area contributed by atoms with E-state index in [2.05, 4.69) is 29.6 Å². The molecule has 2 atom stereocenters. The molecule has 0 aliphatic heterocycles. The van der Waals surface area contributed by atoms with E-state index >= 15 is 0 Å². The number of hydrogen-bond acceptors (Lipinski definition) is 2. The molecular weight excluding hydrogens is 277 g/mol. The van der Waals surface area contributed by atoms with Crippen LogP contribution < -0.4 is 5.32 Å². The van der Waals surface area contributed by atoms with Gasteiger partial charge in [0.25, 0.3) is 0 Å². The molecule has 1 rings (SSSR count). The molecule has 0 aromatic heterocycles. The van der Waals surface area contributed by atoms with Gasteiger partial charge in [0, 0.05) is 12.0 Å². The maximum Gasteiger partial charge on any atom is 0.208 e. The van der Waals surface area contributed by atoms with Gasteiger partial charge < -0.3 is 9.87 Å². The van der Waals surface area contributed by atoms with Gasteiger partial charge in [0.15, 0.2) is 11.1 Å². The summed E-state index contributed by atoms with van der Waals surface area (Å²) >= 11 is -2.45. The number of halogens is 1. The molecule has 0 saturated carbocycles. The number of nitrogens with one attached hydrogen (secondary N) is 1. The van der Waals surface area contributed by atoms with E-state index < -0.39 is 16.1 Å². The Kier molecular flexibility index (Phi) is 5.86. The number of aryl methyl sites for hydroxylation is 1. The highest BCUT2D eigenvalue weighted by atomic mass is 32.2. The van der Waals surface area contributed by atoms with Crippen molar-refractivity contribution in [2.24, 2.45) is 0 Å². The average Bonchev–Trinajstić information content (AvgIpc) is 2.31. The molecule has 0 amide bonds. The Morgan fingerprint density at radius 3 is 2.30 bits per heavy atom. The van der Waals surface area contributed by atoms with Crippen LogP contribution in [-0.2, 0) is 17.5 Å². The summed E-state index contributed by atoms with van der Waals surface area (Å²) < 4.78 is 33.3. The van der Waals surface area contributed by atoms with Crippen molar-refractivity contribution in [1.29, 1.82) is 0 Å². The minimum atomic E-state index is -2.45. The highest BCUT2D eigenvalue weighted by molar-refractivity contribution is 7.80. The third kappa shape index (κ3) is 5.69. The molecule has 0 aliphatic carbocycles. The third-order valence-electron chi connectivity index (χ3n) is 3.31. The Balaban J connectivity index is 2.49. The van der Waals surface area contributed by atoms with E-state index in [0.717, 1.165) is 13.3 Å². The van der Waals surface area contributed by atoms with Gasteiger partial charge in [-0.05, 0) is 46.2 Å². The van der Waals surface area contributed by atoms with Crippen molar-refractivity contribution in [2.45, 2.75) is 51.1 Å². The first-order chi connectivity index (χ1) is 9.12. The Labute approximate surface area is 123 Å². The number of alkyl halides is 1. The van der Waals surface area contributed by atoms with Crippen LogP contribution in [0.25, 0.3) is 0 Å². The van der Waals surface area contributed by atoms with Crippen molar-refractivity contribution in [2.75, 3.05) is 6.54 Å². The number of rotatable bonds is 7. The van der Waals surface area contributed by atoms with Gasteiger partial charge in [0.1, 0.15) is 0 Å². The molecule has 0 aliphatic rings. The van der Waals surface area contributed by atoms with Crippen LogP contribution in [0.3, 0.4) is 0 Å². The first-order valence-corrected chi connectivity index (χ1v) is 7.83. The molecule has 0 heterocycles. The molecule has 1 aromatic rings. The standard InChI is InChI=1S/C15H24FNO2S/c1-12-5-7-13(8-6-12)11-14(2,3)17-10-9-15(4,16)20(18)19/h5-8,17H,9-11H2,1-4H3,(H,18,19). The van der Waals surface area contributed by atoms with Crippen molar-refractivity contribution in [3.63, 3.8) is 0 Å². The minimum Gasteiger partial charge on any atom is -0.311 e. The van der Waals surface area contributed by atoms with Gasteiger partial charge in [0.2, 0.25) is 5.00 Å². The predicted octanol–water partition coefficient (Wildman–Crippen LogP) is 3.20. The molecule has 0 spiro atoms. The molecule has 2 unspecified atom stereocenters. The van der Waals surface area contributed by atoms with Crippen LogP contribution in [0.4, 0.5) is 4.39 Å². The minimum absolute atomic E-state index is 0.00738. The highest BCUT2D eigenvalue weighted by Crippen LogP contribution is 2.19. The van der Waals surface area contributed by atoms with Crippen LogP contribution in [0.5, 0.6) is 0 Å². The maximum atomic E-state index is 13.7. The lowest BCUT2D eigenvalue weighted by Crippen LogP contribution is -2.43. The van der Waals surface area contributed by atoms with Crippen molar-refractivity contribution >= 4 is 11.1 Å². The second-order valence-corrected chi connectivity index (χ2v) is 7.42. The fraction of sp³-hybridized carbons (Fsp3) is 0.600. The Morgan fingerprint density at radius 2 is 1.80 bits per heavy atom. The molecular formula is C15H24FNO2S. The van der Waals surface area contributed by atoms with Crippen molar-refractivity contribution in [1.82, 2.24) is 5.32 Å². The summed E-state index contributed by atoms with van der Waals surface area (Å²) in [5.74, 6) is 0. The molecule has 114 valence electrons. The normalized spacial score (nSPS) is 16.7. The Hall–Kier alpha value is -0.780. The van der Waals surface area contributed by atoms with E-state index in [4.69, 9.17) is 4.55 Å². The summed E-state index contributed by atoms with van der Waals surface area (Å²) in [5, 5.41) is 1.18. The summed E-state index contributed by atoms with van der Waals surface area (Å²) in [6.07, 6.45) is 0.825. The SMILES string of the molecule is Cc1ccc(CC(C)(C)NCCC(C)(F)S(=O)O)cc1. The van der Waals surface area contributed by atoms with E-state index in [9.17, 15) is 8.60 Å². The van der Waals surface area contributed by atoms with Gasteiger partial charge in [-0.3, -0.25) is 0 Å². The summed E-state index contributed by atoms with van der Waals surface area (Å²) in [4.78, 5) is 0. The average molecular weight is 301 g/mol. The fourth-order valence-corrected chi connectivity index (χ4v) is 2.27. The van der Waals surface area contributed by atoms with Gasteiger partial charge in [-0.2, -0.15) is 0 Å². The first-order valence-electron chi connectivity index (χ1n) is 6.73. The van der Waals surface area contributed by atoms with E-state index in [0.29, 0.717) is 6.54 Å². The quantitative estimate of drug-likeness (QED) is 0.760. The van der Waals surface area contributed by atoms with Gasteiger partial charge in [-0.15, -0.1) is 0 Å². The first kappa shape index (κ1) is 17.3. The molecule has 20 heavy (non-hydrogen) atoms. The zero-order valence-corrected chi connectivity index (χ0v) is 13.4. The lowest BCUT2D eigenvalue weighted by molar-refractivity contribution is 0.254. The topological polar surface area (TPSA) is 49.3 Å². The summed E-state index contributed by atoms with van der Waals surface area (Å²) in [5.41, 5.74) is 2.24. The molecule has 5 heteroatoms. The van der Waals surface area contributed by atoms with Crippen LogP contribution in [-0.4, -0.2) is 25.8 Å². The van der Waals surface area contributed by atoms with E-state index in [1.165, 1.54) is 11.1 Å². The third-order valence-corrected chi connectivity index (χ3v) is 4.24. The molecule has 0 bridgehead atoms. The van der Waals surface area contributed by atoms with Crippen LogP contribution in [0.2, 0.25) is 0 Å². The lowest BCUT2D eigenvalue weighted by atomic mass is 9.94. The second kappa shape index (κ2) is 6.78. The highest BCUT2D eigenvalue weighted by Gasteiger charge is 2.30. The monoisotopic (exact) mass is 301 g/mol. The number of benzene rings is 1. The zero-order chi connectivity index (χ0) is 15.4. The summed E-state index contributed by atoms with van der Waals surface area (Å²) in [7, 11) is 0. The van der Waals surface area contributed by atoms with E-state index in [1.54, 1.807) is 0 Å². The van der Waals surface area contributed by atoms with E-state index in [1.807, 2.05) is 20.8 Å². The van der Waals surface area contributed by atoms with Gasteiger partial charge in [0.05, 0.1) is 0 Å². The fourth-order valence-electron chi connectivity index (χ4n) is 1.99. The van der Waals surface area contributed by atoms with Gasteiger partial charge >= 0.3 is 0 Å².